The largest absolute Gasteiger partial charge is 0.491 e. The van der Waals surface area contributed by atoms with E-state index in [0.717, 1.165) is 36.4 Å². The number of hydrogen-bond donors (Lipinski definition) is 0. The lowest BCUT2D eigenvalue weighted by Crippen LogP contribution is -2.29. The van der Waals surface area contributed by atoms with Crippen molar-refractivity contribution in [3.05, 3.63) is 72.3 Å². The highest BCUT2D eigenvalue weighted by Crippen LogP contribution is 2.23. The molecular formula is C23H26N4O3. The number of rotatable bonds is 7. The van der Waals surface area contributed by atoms with Crippen molar-refractivity contribution >= 4 is 5.91 Å². The van der Waals surface area contributed by atoms with Crippen LogP contribution < -0.4 is 4.74 Å². The first kappa shape index (κ1) is 20.1. The van der Waals surface area contributed by atoms with Crippen LogP contribution in [0.1, 0.15) is 41.7 Å². The van der Waals surface area contributed by atoms with E-state index >= 15 is 0 Å². The van der Waals surface area contributed by atoms with Crippen LogP contribution in [0.4, 0.5) is 0 Å². The molecule has 1 aromatic heterocycles. The van der Waals surface area contributed by atoms with E-state index < -0.39 is 0 Å². The van der Waals surface area contributed by atoms with E-state index in [9.17, 15) is 4.79 Å². The first-order valence-electron chi connectivity index (χ1n) is 10.2. The molecule has 1 aliphatic heterocycles. The van der Waals surface area contributed by atoms with Crippen molar-refractivity contribution in [1.29, 1.82) is 0 Å². The molecule has 0 aliphatic carbocycles. The van der Waals surface area contributed by atoms with Gasteiger partial charge in [0.1, 0.15) is 25.0 Å². The van der Waals surface area contributed by atoms with Gasteiger partial charge in [-0.15, -0.1) is 0 Å². The first-order valence-corrected chi connectivity index (χ1v) is 10.2. The van der Waals surface area contributed by atoms with Gasteiger partial charge < -0.3 is 14.4 Å². The summed E-state index contributed by atoms with van der Waals surface area (Å²) in [7, 11) is 1.82. The van der Waals surface area contributed by atoms with Gasteiger partial charge in [-0.25, -0.2) is 9.67 Å². The molecule has 2 atom stereocenters. The van der Waals surface area contributed by atoms with Crippen molar-refractivity contribution in [3.8, 4) is 11.4 Å². The van der Waals surface area contributed by atoms with Crippen LogP contribution in [0.5, 0.6) is 5.75 Å². The third-order valence-electron chi connectivity index (χ3n) is 5.52. The summed E-state index contributed by atoms with van der Waals surface area (Å²) in [6.45, 7) is 3.38. The van der Waals surface area contributed by atoms with Gasteiger partial charge in [0, 0.05) is 19.2 Å². The molecule has 7 nitrogen and oxygen atoms in total. The lowest BCUT2D eigenvalue weighted by atomic mass is 10.1. The fraction of sp³-hybridized carbons (Fsp3) is 0.348. The topological polar surface area (TPSA) is 69.5 Å². The fourth-order valence-corrected chi connectivity index (χ4v) is 3.51. The van der Waals surface area contributed by atoms with Gasteiger partial charge in [-0.2, -0.15) is 5.10 Å². The van der Waals surface area contributed by atoms with Crippen molar-refractivity contribution in [2.45, 2.75) is 31.9 Å². The molecule has 0 spiro atoms. The van der Waals surface area contributed by atoms with Crippen LogP contribution in [0.2, 0.25) is 0 Å². The zero-order valence-corrected chi connectivity index (χ0v) is 17.3. The number of carbonyl (C=O) groups excluding carboxylic acids is 1. The van der Waals surface area contributed by atoms with Gasteiger partial charge >= 0.3 is 0 Å². The van der Waals surface area contributed by atoms with Gasteiger partial charge in [0.2, 0.25) is 0 Å². The molecule has 4 rings (SSSR count). The van der Waals surface area contributed by atoms with Gasteiger partial charge in [0.05, 0.1) is 17.8 Å². The normalized spacial score (nSPS) is 16.9. The standard InChI is InChI=1S/C23H26N4O3/c1-17(18-5-9-20(10-6-18)27-16-24-15-25-27)26(2)23(28)19-7-11-21(12-8-19)30-14-22-4-3-13-29-22/h5-12,15-17,22H,3-4,13-14H2,1-2H3/t17-,22+/m1/s1. The third kappa shape index (κ3) is 4.52. The SMILES string of the molecule is C[C@H](c1ccc(-n2cncn2)cc1)N(C)C(=O)c1ccc(OC[C@@H]2CCCO2)cc1. The van der Waals surface area contributed by atoms with Crippen molar-refractivity contribution in [2.24, 2.45) is 0 Å². The minimum Gasteiger partial charge on any atom is -0.491 e. The maximum absolute atomic E-state index is 12.9. The van der Waals surface area contributed by atoms with E-state index in [-0.39, 0.29) is 18.1 Å². The number of carbonyl (C=O) groups is 1. The molecule has 7 heteroatoms. The van der Waals surface area contributed by atoms with Gasteiger partial charge in [-0.05, 0) is 61.7 Å². The highest BCUT2D eigenvalue weighted by molar-refractivity contribution is 5.94. The molecule has 0 saturated carbocycles. The number of benzene rings is 2. The predicted molar refractivity (Wildman–Crippen MR) is 113 cm³/mol. The van der Waals surface area contributed by atoms with E-state index in [1.165, 1.54) is 6.33 Å². The summed E-state index contributed by atoms with van der Waals surface area (Å²) in [5.74, 6) is 0.718. The van der Waals surface area contributed by atoms with E-state index in [1.807, 2.05) is 62.5 Å². The number of nitrogens with zero attached hydrogens (tertiary/aromatic N) is 4. The highest BCUT2D eigenvalue weighted by atomic mass is 16.5. The van der Waals surface area contributed by atoms with E-state index in [4.69, 9.17) is 9.47 Å². The van der Waals surface area contributed by atoms with E-state index in [2.05, 4.69) is 10.1 Å². The van der Waals surface area contributed by atoms with Crippen LogP contribution in [0.3, 0.4) is 0 Å². The Morgan fingerprint density at radius 3 is 2.63 bits per heavy atom. The molecule has 156 valence electrons. The Hall–Kier alpha value is -3.19. The summed E-state index contributed by atoms with van der Waals surface area (Å²) in [6.07, 6.45) is 5.47. The molecule has 0 bridgehead atoms. The van der Waals surface area contributed by atoms with Crippen molar-refractivity contribution in [3.63, 3.8) is 0 Å². The van der Waals surface area contributed by atoms with Crippen LogP contribution in [0, 0.1) is 0 Å². The van der Waals surface area contributed by atoms with Gasteiger partial charge in [-0.3, -0.25) is 4.79 Å². The minimum absolute atomic E-state index is 0.0338. The monoisotopic (exact) mass is 406 g/mol. The summed E-state index contributed by atoms with van der Waals surface area (Å²) < 4.78 is 13.1. The maximum atomic E-state index is 12.9. The van der Waals surface area contributed by atoms with Crippen LogP contribution in [0.15, 0.2) is 61.2 Å². The zero-order chi connectivity index (χ0) is 20.9. The van der Waals surface area contributed by atoms with Crippen LogP contribution >= 0.6 is 0 Å². The molecule has 1 amide bonds. The summed E-state index contributed by atoms with van der Waals surface area (Å²) in [5.41, 5.74) is 2.61. The number of amides is 1. The van der Waals surface area contributed by atoms with Crippen LogP contribution in [0.25, 0.3) is 5.69 Å². The second-order valence-electron chi connectivity index (χ2n) is 7.49. The van der Waals surface area contributed by atoms with Gasteiger partial charge in [0.25, 0.3) is 5.91 Å². The molecule has 1 aliphatic rings. The molecule has 30 heavy (non-hydrogen) atoms. The molecule has 0 N–H and O–H groups in total. The predicted octanol–water partition coefficient (Wildman–Crippen LogP) is 3.66. The van der Waals surface area contributed by atoms with Crippen molar-refractivity contribution < 1.29 is 14.3 Å². The lowest BCUT2D eigenvalue weighted by Gasteiger charge is -2.25. The molecule has 1 fully saturated rings. The summed E-state index contributed by atoms with van der Waals surface area (Å²) in [5, 5.41) is 4.13. The minimum atomic E-state index is -0.0715. The third-order valence-corrected chi connectivity index (χ3v) is 5.52. The van der Waals surface area contributed by atoms with Crippen molar-refractivity contribution in [1.82, 2.24) is 19.7 Å². The zero-order valence-electron chi connectivity index (χ0n) is 17.3. The summed E-state index contributed by atoms with van der Waals surface area (Å²) >= 11 is 0. The molecular weight excluding hydrogens is 380 g/mol. The van der Waals surface area contributed by atoms with Crippen LogP contribution in [-0.4, -0.2) is 51.9 Å². The molecule has 1 saturated heterocycles. The Morgan fingerprint density at radius 2 is 2.00 bits per heavy atom. The Balaban J connectivity index is 1.37. The Morgan fingerprint density at radius 1 is 1.23 bits per heavy atom. The molecule has 0 unspecified atom stereocenters. The highest BCUT2D eigenvalue weighted by Gasteiger charge is 2.20. The lowest BCUT2D eigenvalue weighted by molar-refractivity contribution is 0.0678. The average molecular weight is 406 g/mol. The maximum Gasteiger partial charge on any atom is 0.254 e. The Kier molecular flexibility index (Phi) is 6.09. The van der Waals surface area contributed by atoms with E-state index in [1.54, 1.807) is 15.9 Å². The summed E-state index contributed by atoms with van der Waals surface area (Å²) in [4.78, 5) is 18.6. The quantitative estimate of drug-likeness (QED) is 0.599. The molecule has 2 aromatic carbocycles. The number of aromatic nitrogens is 3. The Labute approximate surface area is 176 Å². The molecule has 2 heterocycles. The second-order valence-corrected chi connectivity index (χ2v) is 7.49. The smallest absolute Gasteiger partial charge is 0.254 e. The Bertz CT molecular complexity index is 949. The average Bonchev–Trinajstić information content (AvgIpc) is 3.51. The van der Waals surface area contributed by atoms with Gasteiger partial charge in [-0.1, -0.05) is 12.1 Å². The van der Waals surface area contributed by atoms with Gasteiger partial charge in [0.15, 0.2) is 0 Å². The number of hydrogen-bond acceptors (Lipinski definition) is 5. The number of ether oxygens (including phenoxy) is 2. The first-order chi connectivity index (χ1) is 14.6. The molecule has 3 aromatic rings. The second kappa shape index (κ2) is 9.09. The fourth-order valence-electron chi connectivity index (χ4n) is 3.51. The molecule has 0 radical (unpaired) electrons. The van der Waals surface area contributed by atoms with Crippen molar-refractivity contribution in [2.75, 3.05) is 20.3 Å². The van der Waals surface area contributed by atoms with E-state index in [0.29, 0.717) is 12.2 Å². The summed E-state index contributed by atoms with van der Waals surface area (Å²) in [6, 6.07) is 15.2. The van der Waals surface area contributed by atoms with Crippen LogP contribution in [-0.2, 0) is 4.74 Å².